The third kappa shape index (κ3) is 4.07. The number of benzene rings is 1. The number of aromatic nitrogens is 4. The molecular formula is C24H17ClFN5O. The molecule has 1 aliphatic rings. The van der Waals surface area contributed by atoms with Crippen LogP contribution in [0.15, 0.2) is 67.0 Å². The van der Waals surface area contributed by atoms with Gasteiger partial charge in [-0.05, 0) is 48.7 Å². The van der Waals surface area contributed by atoms with Gasteiger partial charge in [0.05, 0.1) is 11.7 Å². The number of halogens is 2. The normalized spacial score (nSPS) is 14.8. The number of carbonyl (C=O) groups excluding carboxylic acids is 1. The zero-order valence-electron chi connectivity index (χ0n) is 16.8. The second-order valence-corrected chi connectivity index (χ2v) is 7.88. The van der Waals surface area contributed by atoms with Gasteiger partial charge in [-0.25, -0.2) is 15.0 Å². The molecule has 1 atom stereocenters. The Morgan fingerprint density at radius 2 is 1.84 bits per heavy atom. The molecule has 8 heteroatoms. The number of nitrogens with one attached hydrogen (secondary N) is 1. The van der Waals surface area contributed by atoms with Gasteiger partial charge in [0.15, 0.2) is 5.82 Å². The van der Waals surface area contributed by atoms with Gasteiger partial charge in [-0.2, -0.15) is 4.39 Å². The summed E-state index contributed by atoms with van der Waals surface area (Å²) in [6.07, 6.45) is 4.68. The van der Waals surface area contributed by atoms with E-state index in [1.807, 2.05) is 24.3 Å². The van der Waals surface area contributed by atoms with Crippen LogP contribution in [0.1, 0.15) is 34.2 Å². The van der Waals surface area contributed by atoms with E-state index in [1.165, 1.54) is 12.3 Å². The number of fused-ring (bicyclic) bond motifs is 1. The Morgan fingerprint density at radius 1 is 1.00 bits per heavy atom. The highest BCUT2D eigenvalue weighted by Gasteiger charge is 2.26. The highest BCUT2D eigenvalue weighted by Crippen LogP contribution is 2.30. The van der Waals surface area contributed by atoms with Crippen molar-refractivity contribution >= 4 is 17.5 Å². The van der Waals surface area contributed by atoms with Crippen LogP contribution in [0.4, 0.5) is 4.39 Å². The van der Waals surface area contributed by atoms with Crippen molar-refractivity contribution in [2.75, 3.05) is 0 Å². The predicted molar refractivity (Wildman–Crippen MR) is 118 cm³/mol. The number of rotatable bonds is 4. The van der Waals surface area contributed by atoms with Crippen LogP contribution in [0.2, 0.25) is 5.02 Å². The number of hydrogen-bond donors (Lipinski definition) is 1. The molecule has 0 fully saturated rings. The van der Waals surface area contributed by atoms with Crippen molar-refractivity contribution in [3.8, 4) is 22.6 Å². The van der Waals surface area contributed by atoms with Crippen molar-refractivity contribution in [3.05, 3.63) is 94.9 Å². The second kappa shape index (κ2) is 8.43. The van der Waals surface area contributed by atoms with Crippen LogP contribution < -0.4 is 5.32 Å². The average molecular weight is 446 g/mol. The summed E-state index contributed by atoms with van der Waals surface area (Å²) >= 11 is 6.01. The fraction of sp³-hybridized carbons (Fsp3) is 0.125. The first-order valence-electron chi connectivity index (χ1n) is 10.1. The average Bonchev–Trinajstić information content (AvgIpc) is 3.22. The summed E-state index contributed by atoms with van der Waals surface area (Å²) in [5.74, 6) is -0.749. The maximum atomic E-state index is 13.7. The Morgan fingerprint density at radius 3 is 2.66 bits per heavy atom. The fourth-order valence-electron chi connectivity index (χ4n) is 3.80. The van der Waals surface area contributed by atoms with Gasteiger partial charge in [-0.3, -0.25) is 9.78 Å². The molecule has 1 N–H and O–H groups in total. The molecule has 6 nitrogen and oxygen atoms in total. The zero-order valence-corrected chi connectivity index (χ0v) is 17.6. The first-order valence-corrected chi connectivity index (χ1v) is 10.5. The first kappa shape index (κ1) is 20.2. The van der Waals surface area contributed by atoms with Crippen LogP contribution in [0, 0.1) is 5.95 Å². The molecule has 1 aliphatic carbocycles. The van der Waals surface area contributed by atoms with Gasteiger partial charge in [0.2, 0.25) is 5.95 Å². The quantitative estimate of drug-likeness (QED) is 0.456. The van der Waals surface area contributed by atoms with E-state index >= 15 is 0 Å². The van der Waals surface area contributed by atoms with Crippen LogP contribution in [0.3, 0.4) is 0 Å². The molecule has 1 amide bonds. The molecule has 0 saturated carbocycles. The van der Waals surface area contributed by atoms with Gasteiger partial charge in [-0.1, -0.05) is 29.8 Å². The lowest BCUT2D eigenvalue weighted by molar-refractivity contribution is 0.0931. The highest BCUT2D eigenvalue weighted by atomic mass is 35.5. The number of aryl methyl sites for hydroxylation is 1. The maximum Gasteiger partial charge on any atom is 0.270 e. The van der Waals surface area contributed by atoms with Crippen LogP contribution in [0.5, 0.6) is 0 Å². The van der Waals surface area contributed by atoms with Crippen molar-refractivity contribution in [1.82, 2.24) is 25.3 Å². The van der Waals surface area contributed by atoms with E-state index in [0.29, 0.717) is 16.3 Å². The number of hydrogen-bond acceptors (Lipinski definition) is 5. The Bertz CT molecular complexity index is 1310. The van der Waals surface area contributed by atoms with Crippen molar-refractivity contribution < 1.29 is 9.18 Å². The van der Waals surface area contributed by atoms with Crippen molar-refractivity contribution in [2.24, 2.45) is 0 Å². The summed E-state index contributed by atoms with van der Waals surface area (Å²) < 4.78 is 13.7. The lowest BCUT2D eigenvalue weighted by Crippen LogP contribution is -2.28. The van der Waals surface area contributed by atoms with Gasteiger partial charge >= 0.3 is 0 Å². The van der Waals surface area contributed by atoms with E-state index in [1.54, 1.807) is 30.5 Å². The molecule has 1 unspecified atom stereocenters. The fourth-order valence-corrected chi connectivity index (χ4v) is 3.92. The van der Waals surface area contributed by atoms with Crippen LogP contribution in [0.25, 0.3) is 22.6 Å². The molecule has 3 aromatic heterocycles. The van der Waals surface area contributed by atoms with Crippen LogP contribution in [-0.2, 0) is 6.42 Å². The van der Waals surface area contributed by atoms with E-state index in [4.69, 9.17) is 11.6 Å². The highest BCUT2D eigenvalue weighted by molar-refractivity contribution is 6.30. The third-order valence-electron chi connectivity index (χ3n) is 5.36. The van der Waals surface area contributed by atoms with Gasteiger partial charge in [0.1, 0.15) is 5.69 Å². The Hall–Kier alpha value is -3.71. The number of pyridine rings is 2. The molecule has 3 heterocycles. The predicted octanol–water partition coefficient (Wildman–Crippen LogP) is 4.81. The largest absolute Gasteiger partial charge is 0.344 e. The first-order chi connectivity index (χ1) is 15.6. The molecule has 158 valence electrons. The Balaban J connectivity index is 1.53. The van der Waals surface area contributed by atoms with E-state index < -0.39 is 5.95 Å². The van der Waals surface area contributed by atoms with Crippen molar-refractivity contribution in [1.29, 1.82) is 0 Å². The zero-order chi connectivity index (χ0) is 22.1. The molecule has 1 aromatic carbocycles. The minimum atomic E-state index is -0.649. The molecule has 0 spiro atoms. The third-order valence-corrected chi connectivity index (χ3v) is 5.61. The number of carbonyl (C=O) groups is 1. The molecule has 0 bridgehead atoms. The summed E-state index contributed by atoms with van der Waals surface area (Å²) in [5, 5.41) is 3.64. The molecule has 0 aliphatic heterocycles. The molecule has 4 aromatic rings. The van der Waals surface area contributed by atoms with Gasteiger partial charge in [0, 0.05) is 40.3 Å². The molecule has 5 rings (SSSR count). The summed E-state index contributed by atoms with van der Waals surface area (Å²) in [4.78, 5) is 30.1. The van der Waals surface area contributed by atoms with E-state index in [9.17, 15) is 9.18 Å². The molecule has 0 radical (unpaired) electrons. The van der Waals surface area contributed by atoms with Crippen LogP contribution in [-0.4, -0.2) is 25.8 Å². The molecular weight excluding hydrogens is 429 g/mol. The summed E-state index contributed by atoms with van der Waals surface area (Å²) in [5.41, 5.74) is 3.92. The lowest BCUT2D eigenvalue weighted by Gasteiger charge is -2.14. The summed E-state index contributed by atoms with van der Waals surface area (Å²) in [7, 11) is 0. The minimum absolute atomic E-state index is 0.137. The topological polar surface area (TPSA) is 80.7 Å². The van der Waals surface area contributed by atoms with Crippen molar-refractivity contribution in [3.63, 3.8) is 0 Å². The molecule has 32 heavy (non-hydrogen) atoms. The summed E-state index contributed by atoms with van der Waals surface area (Å²) in [6.45, 7) is 0. The SMILES string of the molecule is O=C(NC1CCc2ncccc21)c1cc(-c2ccc(Cl)cc2)nc(-c2ccnc(F)c2)n1. The van der Waals surface area contributed by atoms with Gasteiger partial charge < -0.3 is 5.32 Å². The monoisotopic (exact) mass is 445 g/mol. The van der Waals surface area contributed by atoms with Crippen molar-refractivity contribution in [2.45, 2.75) is 18.9 Å². The van der Waals surface area contributed by atoms with E-state index in [-0.39, 0.29) is 23.5 Å². The second-order valence-electron chi connectivity index (χ2n) is 7.44. The Kier molecular flexibility index (Phi) is 5.33. The number of amides is 1. The Labute approximate surface area is 188 Å². The molecule has 0 saturated heterocycles. The smallest absolute Gasteiger partial charge is 0.270 e. The summed E-state index contributed by atoms with van der Waals surface area (Å²) in [6, 6.07) is 15.3. The lowest BCUT2D eigenvalue weighted by atomic mass is 10.1. The van der Waals surface area contributed by atoms with Gasteiger partial charge in [-0.15, -0.1) is 0 Å². The van der Waals surface area contributed by atoms with E-state index in [2.05, 4.69) is 25.3 Å². The van der Waals surface area contributed by atoms with E-state index in [0.717, 1.165) is 29.7 Å². The van der Waals surface area contributed by atoms with Gasteiger partial charge in [0.25, 0.3) is 5.91 Å². The van der Waals surface area contributed by atoms with Crippen LogP contribution >= 0.6 is 11.6 Å². The maximum absolute atomic E-state index is 13.7. The number of nitrogens with zero attached hydrogens (tertiary/aromatic N) is 4. The minimum Gasteiger partial charge on any atom is -0.344 e. The standard InChI is InChI=1S/C24H17ClFN5O/c25-16-5-3-14(4-6-16)20-13-21(30-23(29-20)15-9-11-28-22(26)12-15)24(32)31-19-8-7-18-17(19)2-1-10-27-18/h1-6,9-13,19H,7-8H2,(H,31,32).